The van der Waals surface area contributed by atoms with E-state index in [0.29, 0.717) is 11.3 Å². The fourth-order valence-electron chi connectivity index (χ4n) is 1.65. The molecule has 0 radical (unpaired) electrons. The highest BCUT2D eigenvalue weighted by atomic mass is 35.5. The number of hydrogen-bond donors (Lipinski definition) is 1. The molecular weight excluding hydrogens is 292 g/mol. The number of para-hydroxylation sites is 1. The Morgan fingerprint density at radius 2 is 1.90 bits per heavy atom. The van der Waals surface area contributed by atoms with Crippen LogP contribution in [0.5, 0.6) is 0 Å². The fraction of sp³-hybridized carbons (Fsp3) is 0. The molecule has 2 aromatic rings. The van der Waals surface area contributed by atoms with Crippen molar-refractivity contribution in [1.29, 1.82) is 0 Å². The van der Waals surface area contributed by atoms with E-state index < -0.39 is 4.92 Å². The van der Waals surface area contributed by atoms with Crippen LogP contribution in [0.15, 0.2) is 54.6 Å². The second-order valence-electron chi connectivity index (χ2n) is 4.16. The molecule has 0 heterocycles. The van der Waals surface area contributed by atoms with Gasteiger partial charge in [0.2, 0.25) is 5.91 Å². The van der Waals surface area contributed by atoms with Crippen LogP contribution in [0.1, 0.15) is 5.56 Å². The van der Waals surface area contributed by atoms with Gasteiger partial charge >= 0.3 is 0 Å². The van der Waals surface area contributed by atoms with E-state index in [1.807, 2.05) is 18.2 Å². The molecule has 0 spiro atoms. The Labute approximate surface area is 126 Å². The van der Waals surface area contributed by atoms with Gasteiger partial charge in [-0.1, -0.05) is 35.9 Å². The van der Waals surface area contributed by atoms with Crippen LogP contribution in [-0.2, 0) is 4.79 Å². The smallest absolute Gasteiger partial charge is 0.288 e. The first kappa shape index (κ1) is 14.7. The summed E-state index contributed by atoms with van der Waals surface area (Å²) in [4.78, 5) is 21.9. The van der Waals surface area contributed by atoms with Crippen LogP contribution >= 0.6 is 11.6 Å². The third kappa shape index (κ3) is 4.15. The van der Waals surface area contributed by atoms with E-state index in [9.17, 15) is 14.9 Å². The molecule has 0 saturated heterocycles. The molecule has 0 aliphatic rings. The molecule has 0 aliphatic carbocycles. The van der Waals surface area contributed by atoms with Gasteiger partial charge in [-0.2, -0.15) is 0 Å². The van der Waals surface area contributed by atoms with Crippen molar-refractivity contribution in [2.75, 3.05) is 5.32 Å². The highest BCUT2D eigenvalue weighted by molar-refractivity contribution is 6.32. The predicted octanol–water partition coefficient (Wildman–Crippen LogP) is 3.90. The van der Waals surface area contributed by atoms with Crippen molar-refractivity contribution in [3.8, 4) is 0 Å². The highest BCUT2D eigenvalue weighted by Gasteiger charge is 2.11. The normalized spacial score (nSPS) is 10.5. The van der Waals surface area contributed by atoms with Crippen LogP contribution < -0.4 is 5.32 Å². The van der Waals surface area contributed by atoms with Crippen LogP contribution in [0, 0.1) is 10.1 Å². The maximum absolute atomic E-state index is 11.7. The maximum Gasteiger partial charge on any atom is 0.288 e. The Morgan fingerprint density at radius 3 is 2.57 bits per heavy atom. The zero-order chi connectivity index (χ0) is 15.2. The molecule has 0 aromatic heterocycles. The van der Waals surface area contributed by atoms with Gasteiger partial charge in [-0.05, 0) is 29.8 Å². The Balaban J connectivity index is 2.09. The van der Waals surface area contributed by atoms with Gasteiger partial charge in [0, 0.05) is 17.8 Å². The number of amides is 1. The SMILES string of the molecule is O=C(C=Cc1ccc(Cl)c([N+](=O)[O-])c1)Nc1ccccc1. The van der Waals surface area contributed by atoms with Crippen LogP contribution in [0.3, 0.4) is 0 Å². The molecule has 106 valence electrons. The van der Waals surface area contributed by atoms with Gasteiger partial charge in [-0.3, -0.25) is 14.9 Å². The lowest BCUT2D eigenvalue weighted by molar-refractivity contribution is -0.384. The molecule has 0 saturated carbocycles. The quantitative estimate of drug-likeness (QED) is 0.529. The molecule has 0 atom stereocenters. The first-order valence-electron chi connectivity index (χ1n) is 6.04. The summed E-state index contributed by atoms with van der Waals surface area (Å²) >= 11 is 5.72. The van der Waals surface area contributed by atoms with E-state index in [1.165, 1.54) is 24.3 Å². The molecule has 1 amide bonds. The van der Waals surface area contributed by atoms with E-state index in [2.05, 4.69) is 5.32 Å². The Bertz CT molecular complexity index is 699. The largest absolute Gasteiger partial charge is 0.323 e. The lowest BCUT2D eigenvalue weighted by Crippen LogP contribution is -2.07. The minimum absolute atomic E-state index is 0.0610. The second-order valence-corrected chi connectivity index (χ2v) is 4.56. The number of nitro benzene ring substituents is 1. The van der Waals surface area contributed by atoms with Crippen molar-refractivity contribution in [2.24, 2.45) is 0 Å². The number of halogens is 1. The van der Waals surface area contributed by atoms with Gasteiger partial charge in [-0.25, -0.2) is 0 Å². The minimum Gasteiger partial charge on any atom is -0.323 e. The number of nitrogens with zero attached hydrogens (tertiary/aromatic N) is 1. The first-order chi connectivity index (χ1) is 10.1. The summed E-state index contributed by atoms with van der Waals surface area (Å²) in [7, 11) is 0. The van der Waals surface area contributed by atoms with Crippen molar-refractivity contribution in [2.45, 2.75) is 0 Å². The molecular formula is C15H11ClN2O3. The lowest BCUT2D eigenvalue weighted by atomic mass is 10.2. The third-order valence-corrected chi connectivity index (χ3v) is 2.95. The van der Waals surface area contributed by atoms with Crippen LogP contribution in [0.4, 0.5) is 11.4 Å². The van der Waals surface area contributed by atoms with Crippen molar-refractivity contribution in [3.63, 3.8) is 0 Å². The van der Waals surface area contributed by atoms with Gasteiger partial charge < -0.3 is 5.32 Å². The van der Waals surface area contributed by atoms with Crippen LogP contribution in [0.2, 0.25) is 5.02 Å². The van der Waals surface area contributed by atoms with E-state index >= 15 is 0 Å². The van der Waals surface area contributed by atoms with Gasteiger partial charge in [0.1, 0.15) is 5.02 Å². The van der Waals surface area contributed by atoms with Crippen molar-refractivity contribution in [1.82, 2.24) is 0 Å². The van der Waals surface area contributed by atoms with Crippen molar-refractivity contribution in [3.05, 3.63) is 75.3 Å². The number of nitro groups is 1. The summed E-state index contributed by atoms with van der Waals surface area (Å²) in [5.74, 6) is -0.321. The Morgan fingerprint density at radius 1 is 1.19 bits per heavy atom. The molecule has 0 unspecified atom stereocenters. The van der Waals surface area contributed by atoms with Crippen molar-refractivity contribution >= 4 is 35.0 Å². The predicted molar refractivity (Wildman–Crippen MR) is 82.2 cm³/mol. The number of anilines is 1. The summed E-state index contributed by atoms with van der Waals surface area (Å²) in [6, 6.07) is 13.3. The first-order valence-corrected chi connectivity index (χ1v) is 6.42. The van der Waals surface area contributed by atoms with Gasteiger partial charge in [-0.15, -0.1) is 0 Å². The lowest BCUT2D eigenvalue weighted by Gasteiger charge is -2.01. The van der Waals surface area contributed by atoms with E-state index in [1.54, 1.807) is 18.2 Å². The van der Waals surface area contributed by atoms with Gasteiger partial charge in [0.15, 0.2) is 0 Å². The van der Waals surface area contributed by atoms with Crippen molar-refractivity contribution < 1.29 is 9.72 Å². The summed E-state index contributed by atoms with van der Waals surface area (Å²) in [6.45, 7) is 0. The van der Waals surface area contributed by atoms with Crippen LogP contribution in [0.25, 0.3) is 6.08 Å². The average molecular weight is 303 g/mol. The summed E-state index contributed by atoms with van der Waals surface area (Å²) < 4.78 is 0. The third-order valence-electron chi connectivity index (χ3n) is 2.64. The summed E-state index contributed by atoms with van der Waals surface area (Å²) in [6.07, 6.45) is 2.79. The zero-order valence-electron chi connectivity index (χ0n) is 10.8. The molecule has 2 rings (SSSR count). The minimum atomic E-state index is -0.566. The maximum atomic E-state index is 11.7. The number of rotatable bonds is 4. The van der Waals surface area contributed by atoms with E-state index in [0.717, 1.165) is 0 Å². The molecule has 2 aromatic carbocycles. The summed E-state index contributed by atoms with van der Waals surface area (Å²) in [5.41, 5.74) is 1.01. The fourth-order valence-corrected chi connectivity index (χ4v) is 1.84. The molecule has 0 bridgehead atoms. The number of carbonyl (C=O) groups excluding carboxylic acids is 1. The number of carbonyl (C=O) groups is 1. The summed E-state index contributed by atoms with van der Waals surface area (Å²) in [5, 5.41) is 13.5. The highest BCUT2D eigenvalue weighted by Crippen LogP contribution is 2.25. The monoisotopic (exact) mass is 302 g/mol. The molecule has 5 nitrogen and oxygen atoms in total. The molecule has 21 heavy (non-hydrogen) atoms. The number of benzene rings is 2. The average Bonchev–Trinajstić information content (AvgIpc) is 2.47. The second kappa shape index (κ2) is 6.67. The van der Waals surface area contributed by atoms with E-state index in [4.69, 9.17) is 11.6 Å². The topological polar surface area (TPSA) is 72.2 Å². The standard InChI is InChI=1S/C15H11ClN2O3/c16-13-8-6-11(10-14(13)18(20)21)7-9-15(19)17-12-4-2-1-3-5-12/h1-10H,(H,17,19). The molecule has 1 N–H and O–H groups in total. The molecule has 0 aliphatic heterocycles. The Hall–Kier alpha value is -2.66. The van der Waals surface area contributed by atoms with E-state index in [-0.39, 0.29) is 16.6 Å². The molecule has 0 fully saturated rings. The Kier molecular flexibility index (Phi) is 4.68. The van der Waals surface area contributed by atoms with Gasteiger partial charge in [0.05, 0.1) is 4.92 Å². The number of nitrogens with one attached hydrogen (secondary N) is 1. The number of hydrogen-bond acceptors (Lipinski definition) is 3. The van der Waals surface area contributed by atoms with Crippen LogP contribution in [-0.4, -0.2) is 10.8 Å². The molecule has 6 heteroatoms. The van der Waals surface area contributed by atoms with Gasteiger partial charge in [0.25, 0.3) is 5.69 Å². The zero-order valence-corrected chi connectivity index (χ0v) is 11.6.